The van der Waals surface area contributed by atoms with Crippen molar-refractivity contribution in [3.8, 4) is 0 Å². The van der Waals surface area contributed by atoms with Crippen LogP contribution in [0.2, 0.25) is 25.7 Å². The number of ether oxygens (including phenoxy) is 2. The van der Waals surface area contributed by atoms with Gasteiger partial charge in [-0.25, -0.2) is 0 Å². The molecular weight excluding hydrogens is 244 g/mol. The molecule has 0 amide bonds. The average molecular weight is 276 g/mol. The number of hydrogen-bond acceptors (Lipinski definition) is 3. The Kier molecular flexibility index (Phi) is 10.0. The van der Waals surface area contributed by atoms with Crippen molar-refractivity contribution in [2.45, 2.75) is 77.4 Å². The Labute approximate surface area is 114 Å². The molecule has 0 aromatic carbocycles. The van der Waals surface area contributed by atoms with Gasteiger partial charge in [-0.05, 0) is 18.9 Å². The topological polar surface area (TPSA) is 38.7 Å². The number of aliphatic hydroxyl groups is 1. The summed E-state index contributed by atoms with van der Waals surface area (Å²) >= 11 is 0. The lowest BCUT2D eigenvalue weighted by atomic mass is 10.0. The maximum absolute atomic E-state index is 9.95. The van der Waals surface area contributed by atoms with Crippen LogP contribution < -0.4 is 0 Å². The highest BCUT2D eigenvalue weighted by Gasteiger charge is 2.18. The molecule has 0 aliphatic rings. The second-order valence-electron chi connectivity index (χ2n) is 6.19. The maximum atomic E-state index is 9.95. The Balaban J connectivity index is 3.76. The molecule has 0 unspecified atom stereocenters. The van der Waals surface area contributed by atoms with Crippen LogP contribution in [0.25, 0.3) is 0 Å². The highest BCUT2D eigenvalue weighted by atomic mass is 28.3. The molecule has 0 spiro atoms. The van der Waals surface area contributed by atoms with E-state index in [1.54, 1.807) is 0 Å². The third kappa shape index (κ3) is 10.1. The summed E-state index contributed by atoms with van der Waals surface area (Å²) in [6, 6.07) is 1.16. The van der Waals surface area contributed by atoms with Gasteiger partial charge in [-0.15, -0.1) is 0 Å². The molecule has 0 saturated heterocycles. The first kappa shape index (κ1) is 18.1. The standard InChI is InChI=1S/C14H32O3Si/c1-6-8-13(15)14(9-7-2)17-12-16-10-11-18(3,4)5/h13-15H,6-12H2,1-5H3/t13-,14+/m0/s1. The molecule has 0 aromatic heterocycles. The predicted octanol–water partition coefficient (Wildman–Crippen LogP) is 3.65. The van der Waals surface area contributed by atoms with E-state index in [0.29, 0.717) is 6.79 Å². The number of rotatable bonds is 11. The summed E-state index contributed by atoms with van der Waals surface area (Å²) in [6.45, 7) is 12.3. The van der Waals surface area contributed by atoms with Crippen LogP contribution in [0.3, 0.4) is 0 Å². The molecule has 110 valence electrons. The van der Waals surface area contributed by atoms with Crippen LogP contribution >= 0.6 is 0 Å². The second kappa shape index (κ2) is 9.95. The number of aliphatic hydroxyl groups excluding tert-OH is 1. The van der Waals surface area contributed by atoms with Crippen LogP contribution in [-0.4, -0.2) is 38.8 Å². The van der Waals surface area contributed by atoms with E-state index < -0.39 is 8.07 Å². The first-order valence-electron chi connectivity index (χ1n) is 7.28. The zero-order valence-corrected chi connectivity index (χ0v) is 13.9. The molecule has 0 aromatic rings. The molecule has 18 heavy (non-hydrogen) atoms. The van der Waals surface area contributed by atoms with Crippen molar-refractivity contribution in [1.29, 1.82) is 0 Å². The molecule has 0 bridgehead atoms. The van der Waals surface area contributed by atoms with Gasteiger partial charge in [-0.2, -0.15) is 0 Å². The quantitative estimate of drug-likeness (QED) is 0.356. The molecular formula is C14H32O3Si. The van der Waals surface area contributed by atoms with Gasteiger partial charge >= 0.3 is 0 Å². The summed E-state index contributed by atoms with van der Waals surface area (Å²) in [4.78, 5) is 0. The van der Waals surface area contributed by atoms with Crippen molar-refractivity contribution < 1.29 is 14.6 Å². The van der Waals surface area contributed by atoms with Crippen LogP contribution in [0.15, 0.2) is 0 Å². The summed E-state index contributed by atoms with van der Waals surface area (Å²) in [5.74, 6) is 0. The van der Waals surface area contributed by atoms with E-state index in [-0.39, 0.29) is 12.2 Å². The van der Waals surface area contributed by atoms with Gasteiger partial charge in [0.15, 0.2) is 0 Å². The maximum Gasteiger partial charge on any atom is 0.147 e. The van der Waals surface area contributed by atoms with Gasteiger partial charge in [0.25, 0.3) is 0 Å². The second-order valence-corrected chi connectivity index (χ2v) is 11.8. The van der Waals surface area contributed by atoms with Crippen LogP contribution in [0.5, 0.6) is 0 Å². The summed E-state index contributed by atoms with van der Waals surface area (Å²) in [5.41, 5.74) is 0. The van der Waals surface area contributed by atoms with E-state index in [9.17, 15) is 5.11 Å². The Morgan fingerprint density at radius 3 is 2.17 bits per heavy atom. The fourth-order valence-corrected chi connectivity index (χ4v) is 2.48. The first-order valence-corrected chi connectivity index (χ1v) is 11.0. The van der Waals surface area contributed by atoms with E-state index in [1.165, 1.54) is 0 Å². The van der Waals surface area contributed by atoms with Gasteiger partial charge in [0.05, 0.1) is 12.2 Å². The third-order valence-electron chi connectivity index (χ3n) is 2.95. The van der Waals surface area contributed by atoms with Crippen LogP contribution in [-0.2, 0) is 9.47 Å². The van der Waals surface area contributed by atoms with Crippen molar-refractivity contribution in [3.63, 3.8) is 0 Å². The molecule has 0 radical (unpaired) electrons. The lowest BCUT2D eigenvalue weighted by molar-refractivity contribution is -0.125. The SMILES string of the molecule is CCC[C@H](O)[C@@H](CCC)OCOCC[Si](C)(C)C. The Morgan fingerprint density at radius 1 is 1.06 bits per heavy atom. The third-order valence-corrected chi connectivity index (χ3v) is 4.65. The highest BCUT2D eigenvalue weighted by Crippen LogP contribution is 2.13. The Hall–Kier alpha value is 0.0969. The zero-order valence-electron chi connectivity index (χ0n) is 12.9. The summed E-state index contributed by atoms with van der Waals surface area (Å²) in [5, 5.41) is 9.95. The summed E-state index contributed by atoms with van der Waals surface area (Å²) < 4.78 is 11.2. The smallest absolute Gasteiger partial charge is 0.147 e. The molecule has 0 heterocycles. The minimum Gasteiger partial charge on any atom is -0.390 e. The monoisotopic (exact) mass is 276 g/mol. The Morgan fingerprint density at radius 2 is 1.67 bits per heavy atom. The van der Waals surface area contributed by atoms with Crippen LogP contribution in [0.1, 0.15) is 39.5 Å². The number of hydrogen-bond donors (Lipinski definition) is 1. The molecule has 0 saturated carbocycles. The molecule has 0 fully saturated rings. The fourth-order valence-electron chi connectivity index (χ4n) is 1.73. The molecule has 3 nitrogen and oxygen atoms in total. The molecule has 4 heteroatoms. The van der Waals surface area contributed by atoms with Crippen LogP contribution in [0.4, 0.5) is 0 Å². The molecule has 0 aliphatic heterocycles. The normalized spacial score (nSPS) is 15.7. The lowest BCUT2D eigenvalue weighted by Crippen LogP contribution is -2.30. The van der Waals surface area contributed by atoms with E-state index in [2.05, 4.69) is 33.5 Å². The van der Waals surface area contributed by atoms with Gasteiger partial charge in [-0.3, -0.25) is 0 Å². The zero-order chi connectivity index (χ0) is 14.0. The van der Waals surface area contributed by atoms with Crippen molar-refractivity contribution in [2.75, 3.05) is 13.4 Å². The van der Waals surface area contributed by atoms with Gasteiger partial charge < -0.3 is 14.6 Å². The lowest BCUT2D eigenvalue weighted by Gasteiger charge is -2.23. The Bertz CT molecular complexity index is 192. The van der Waals surface area contributed by atoms with Gasteiger partial charge in [0.2, 0.25) is 0 Å². The van der Waals surface area contributed by atoms with E-state index in [4.69, 9.17) is 9.47 Å². The van der Waals surface area contributed by atoms with Gasteiger partial charge in [-0.1, -0.05) is 46.3 Å². The highest BCUT2D eigenvalue weighted by molar-refractivity contribution is 6.76. The van der Waals surface area contributed by atoms with Crippen molar-refractivity contribution in [2.24, 2.45) is 0 Å². The van der Waals surface area contributed by atoms with Crippen molar-refractivity contribution >= 4 is 8.07 Å². The summed E-state index contributed by atoms with van der Waals surface area (Å²) in [6.07, 6.45) is 3.30. The molecule has 1 N–H and O–H groups in total. The van der Waals surface area contributed by atoms with Crippen molar-refractivity contribution in [3.05, 3.63) is 0 Å². The fraction of sp³-hybridized carbons (Fsp3) is 1.00. The average Bonchev–Trinajstić information content (AvgIpc) is 2.26. The van der Waals surface area contributed by atoms with E-state index >= 15 is 0 Å². The minimum absolute atomic E-state index is 0.0677. The van der Waals surface area contributed by atoms with Crippen LogP contribution in [0, 0.1) is 0 Å². The largest absolute Gasteiger partial charge is 0.390 e. The predicted molar refractivity (Wildman–Crippen MR) is 79.7 cm³/mol. The summed E-state index contributed by atoms with van der Waals surface area (Å²) in [7, 11) is -1.01. The molecule has 0 rings (SSSR count). The van der Waals surface area contributed by atoms with Gasteiger partial charge in [0, 0.05) is 14.7 Å². The minimum atomic E-state index is -1.01. The van der Waals surface area contributed by atoms with E-state index in [0.717, 1.165) is 38.3 Å². The van der Waals surface area contributed by atoms with Crippen molar-refractivity contribution in [1.82, 2.24) is 0 Å². The first-order chi connectivity index (χ1) is 8.40. The van der Waals surface area contributed by atoms with E-state index in [1.807, 2.05) is 0 Å². The molecule has 2 atom stereocenters. The van der Waals surface area contributed by atoms with Gasteiger partial charge in [0.1, 0.15) is 6.79 Å². The molecule has 0 aliphatic carbocycles.